The maximum Gasteiger partial charge on any atom is 0.122 e. The van der Waals surface area contributed by atoms with Crippen molar-refractivity contribution in [2.24, 2.45) is 0 Å². The van der Waals surface area contributed by atoms with Crippen LogP contribution in [-0.2, 0) is 0 Å². The lowest BCUT2D eigenvalue weighted by Gasteiger charge is -2.11. The number of ether oxygens (including phenoxy) is 1. The van der Waals surface area contributed by atoms with Crippen molar-refractivity contribution in [3.8, 4) is 5.75 Å². The highest BCUT2D eigenvalue weighted by Crippen LogP contribution is 2.26. The zero-order valence-corrected chi connectivity index (χ0v) is 8.14. The quantitative estimate of drug-likeness (QED) is 0.651. The summed E-state index contributed by atoms with van der Waals surface area (Å²) in [5, 5.41) is 0. The van der Waals surface area contributed by atoms with Gasteiger partial charge in [-0.15, -0.1) is 0 Å². The fourth-order valence-electron chi connectivity index (χ4n) is 1.21. The molecular formula is C11H15O. The van der Waals surface area contributed by atoms with Gasteiger partial charge in [0.15, 0.2) is 0 Å². The van der Waals surface area contributed by atoms with E-state index in [1.807, 2.05) is 6.07 Å². The van der Waals surface area contributed by atoms with Crippen LogP contribution in [0.5, 0.6) is 5.75 Å². The summed E-state index contributed by atoms with van der Waals surface area (Å²) in [6, 6.07) is 6.22. The first kappa shape index (κ1) is 9.11. The minimum absolute atomic E-state index is 0.959. The van der Waals surface area contributed by atoms with E-state index < -0.39 is 0 Å². The summed E-state index contributed by atoms with van der Waals surface area (Å²) in [7, 11) is 1.71. The molecule has 0 spiro atoms. The van der Waals surface area contributed by atoms with E-state index in [1.165, 1.54) is 17.0 Å². The first-order valence-electron chi connectivity index (χ1n) is 4.10. The lowest BCUT2D eigenvalue weighted by atomic mass is 10.0. The Kier molecular flexibility index (Phi) is 2.74. The highest BCUT2D eigenvalue weighted by Gasteiger charge is 2.06. The van der Waals surface area contributed by atoms with E-state index >= 15 is 0 Å². The van der Waals surface area contributed by atoms with Gasteiger partial charge in [0.25, 0.3) is 0 Å². The third-order valence-corrected chi connectivity index (χ3v) is 1.89. The maximum absolute atomic E-state index is 5.24. The molecule has 1 nitrogen and oxygen atoms in total. The van der Waals surface area contributed by atoms with Crippen molar-refractivity contribution in [1.29, 1.82) is 0 Å². The Labute approximate surface area is 74.4 Å². The first-order chi connectivity index (χ1) is 5.65. The molecule has 0 fully saturated rings. The molecule has 0 bridgehead atoms. The molecule has 0 saturated heterocycles. The van der Waals surface area contributed by atoms with E-state index in [0.29, 0.717) is 0 Å². The Morgan fingerprint density at radius 1 is 1.25 bits per heavy atom. The van der Waals surface area contributed by atoms with E-state index in [1.54, 1.807) is 7.11 Å². The molecule has 0 N–H and O–H groups in total. The third kappa shape index (κ3) is 1.79. The van der Waals surface area contributed by atoms with Crippen molar-refractivity contribution in [3.63, 3.8) is 0 Å². The molecule has 1 aromatic carbocycles. The van der Waals surface area contributed by atoms with Gasteiger partial charge in [-0.05, 0) is 13.0 Å². The molecule has 0 atom stereocenters. The van der Waals surface area contributed by atoms with Gasteiger partial charge in [0.2, 0.25) is 0 Å². The Morgan fingerprint density at radius 2 is 1.92 bits per heavy atom. The average Bonchev–Trinajstić information content (AvgIpc) is 2.04. The summed E-state index contributed by atoms with van der Waals surface area (Å²) in [6.07, 6.45) is 0. The third-order valence-electron chi connectivity index (χ3n) is 1.89. The lowest BCUT2D eigenvalue weighted by molar-refractivity contribution is 0.411. The second-order valence-corrected chi connectivity index (χ2v) is 3.20. The van der Waals surface area contributed by atoms with Crippen LogP contribution in [0.2, 0.25) is 0 Å². The van der Waals surface area contributed by atoms with Gasteiger partial charge in [-0.3, -0.25) is 0 Å². The smallest absolute Gasteiger partial charge is 0.122 e. The van der Waals surface area contributed by atoms with E-state index in [4.69, 9.17) is 4.74 Å². The van der Waals surface area contributed by atoms with Gasteiger partial charge in [-0.25, -0.2) is 0 Å². The Bertz CT molecular complexity index is 264. The normalized spacial score (nSPS) is 10.4. The molecule has 0 amide bonds. The molecule has 1 heteroatoms. The van der Waals surface area contributed by atoms with Crippen LogP contribution < -0.4 is 4.74 Å². The Hall–Kier alpha value is -0.980. The summed E-state index contributed by atoms with van der Waals surface area (Å²) in [5.41, 5.74) is 2.48. The van der Waals surface area contributed by atoms with Crippen molar-refractivity contribution >= 4 is 0 Å². The van der Waals surface area contributed by atoms with Crippen molar-refractivity contribution in [2.45, 2.75) is 20.8 Å². The van der Waals surface area contributed by atoms with Crippen molar-refractivity contribution < 1.29 is 4.74 Å². The zero-order chi connectivity index (χ0) is 9.14. The summed E-state index contributed by atoms with van der Waals surface area (Å²) >= 11 is 0. The summed E-state index contributed by atoms with van der Waals surface area (Å²) in [6.45, 7) is 6.28. The summed E-state index contributed by atoms with van der Waals surface area (Å²) in [5.74, 6) is 2.25. The molecule has 0 heterocycles. The molecule has 0 unspecified atom stereocenters. The maximum atomic E-state index is 5.24. The van der Waals surface area contributed by atoms with Gasteiger partial charge >= 0.3 is 0 Å². The number of aryl methyl sites for hydroxylation is 1. The second kappa shape index (κ2) is 3.61. The molecule has 12 heavy (non-hydrogen) atoms. The van der Waals surface area contributed by atoms with Crippen LogP contribution in [-0.4, -0.2) is 7.11 Å². The van der Waals surface area contributed by atoms with Crippen molar-refractivity contribution in [1.82, 2.24) is 0 Å². The van der Waals surface area contributed by atoms with Crippen LogP contribution >= 0.6 is 0 Å². The molecule has 0 aliphatic rings. The van der Waals surface area contributed by atoms with Gasteiger partial charge in [0.1, 0.15) is 5.75 Å². The van der Waals surface area contributed by atoms with Crippen LogP contribution in [0, 0.1) is 12.8 Å². The Morgan fingerprint density at radius 3 is 2.42 bits per heavy atom. The number of hydrogen-bond donors (Lipinski definition) is 0. The van der Waals surface area contributed by atoms with Crippen molar-refractivity contribution in [2.75, 3.05) is 7.11 Å². The molecule has 1 rings (SSSR count). The minimum Gasteiger partial charge on any atom is -0.496 e. The van der Waals surface area contributed by atoms with Gasteiger partial charge in [0.05, 0.1) is 7.11 Å². The largest absolute Gasteiger partial charge is 0.496 e. The van der Waals surface area contributed by atoms with Crippen molar-refractivity contribution in [3.05, 3.63) is 35.2 Å². The number of hydrogen-bond acceptors (Lipinski definition) is 1. The van der Waals surface area contributed by atoms with Crippen LogP contribution in [0.4, 0.5) is 0 Å². The highest BCUT2D eigenvalue weighted by molar-refractivity contribution is 5.44. The fourth-order valence-corrected chi connectivity index (χ4v) is 1.21. The Balaban J connectivity index is 3.12. The molecular weight excluding hydrogens is 148 g/mol. The second-order valence-electron chi connectivity index (χ2n) is 3.20. The number of methoxy groups -OCH3 is 1. The average molecular weight is 163 g/mol. The molecule has 1 aromatic rings. The first-order valence-corrected chi connectivity index (χ1v) is 4.10. The highest BCUT2D eigenvalue weighted by atomic mass is 16.5. The van der Waals surface area contributed by atoms with Crippen LogP contribution in [0.15, 0.2) is 18.2 Å². The van der Waals surface area contributed by atoms with Gasteiger partial charge in [0, 0.05) is 11.5 Å². The SMILES string of the molecule is COc1ccc(C)cc1[C](C)C. The standard InChI is InChI=1S/C11H15O/c1-8(2)10-7-9(3)5-6-11(10)12-4/h5-7H,1-4H3. The molecule has 0 aliphatic heterocycles. The zero-order valence-electron chi connectivity index (χ0n) is 8.14. The predicted molar refractivity (Wildman–Crippen MR) is 51.4 cm³/mol. The van der Waals surface area contributed by atoms with E-state index in [9.17, 15) is 0 Å². The van der Waals surface area contributed by atoms with Crippen LogP contribution in [0.25, 0.3) is 0 Å². The van der Waals surface area contributed by atoms with Crippen LogP contribution in [0.1, 0.15) is 25.0 Å². The number of benzene rings is 1. The fraction of sp³-hybridized carbons (Fsp3) is 0.364. The van der Waals surface area contributed by atoms with Gasteiger partial charge in [-0.1, -0.05) is 31.5 Å². The molecule has 0 saturated carbocycles. The minimum atomic E-state index is 0.959. The monoisotopic (exact) mass is 163 g/mol. The van der Waals surface area contributed by atoms with E-state index in [-0.39, 0.29) is 0 Å². The summed E-state index contributed by atoms with van der Waals surface area (Å²) < 4.78 is 5.24. The van der Waals surface area contributed by atoms with E-state index in [0.717, 1.165) is 5.75 Å². The van der Waals surface area contributed by atoms with Gasteiger partial charge < -0.3 is 4.74 Å². The van der Waals surface area contributed by atoms with E-state index in [2.05, 4.69) is 32.9 Å². The van der Waals surface area contributed by atoms with Gasteiger partial charge in [-0.2, -0.15) is 0 Å². The predicted octanol–water partition coefficient (Wildman–Crippen LogP) is 2.97. The molecule has 0 aromatic heterocycles. The van der Waals surface area contributed by atoms with Crippen LogP contribution in [0.3, 0.4) is 0 Å². The molecule has 65 valence electrons. The molecule has 0 aliphatic carbocycles. The number of rotatable bonds is 2. The topological polar surface area (TPSA) is 9.23 Å². The molecule has 1 radical (unpaired) electrons. The lowest BCUT2D eigenvalue weighted by Crippen LogP contribution is -1.95. The summed E-state index contributed by atoms with van der Waals surface area (Å²) in [4.78, 5) is 0.